The molecule has 0 amide bonds. The number of ether oxygens (including phenoxy) is 1. The molecule has 0 saturated heterocycles. The molecule has 16 heavy (non-hydrogen) atoms. The van der Waals surface area contributed by atoms with Gasteiger partial charge in [-0.1, -0.05) is 11.6 Å². The Balaban J connectivity index is 2.42. The molecule has 0 bridgehead atoms. The minimum absolute atomic E-state index is 0.574. The summed E-state index contributed by atoms with van der Waals surface area (Å²) in [6, 6.07) is 6.99. The predicted octanol–water partition coefficient (Wildman–Crippen LogP) is 2.76. The van der Waals surface area contributed by atoms with Crippen molar-refractivity contribution in [2.24, 2.45) is 0 Å². The topological polar surface area (TPSA) is 45.2 Å². The average Bonchev–Trinajstić information content (AvgIpc) is 2.81. The molecule has 1 aromatic heterocycles. The number of halogens is 1. The van der Waals surface area contributed by atoms with Crippen molar-refractivity contribution in [3.05, 3.63) is 52.8 Å². The molecule has 4 heteroatoms. The summed E-state index contributed by atoms with van der Waals surface area (Å²) in [5.74, 6) is 0.623. The van der Waals surface area contributed by atoms with E-state index in [9.17, 15) is 5.11 Å². The van der Waals surface area contributed by atoms with E-state index in [2.05, 4.69) is 4.98 Å². The number of methoxy groups -OCH3 is 1. The van der Waals surface area contributed by atoms with Crippen molar-refractivity contribution in [3.8, 4) is 5.75 Å². The number of benzene rings is 1. The number of aliphatic hydroxyl groups is 1. The quantitative estimate of drug-likeness (QED) is 0.862. The minimum Gasteiger partial charge on any atom is -0.496 e. The zero-order valence-corrected chi connectivity index (χ0v) is 9.53. The Hall–Kier alpha value is -1.45. The molecule has 3 nitrogen and oxygen atoms in total. The van der Waals surface area contributed by atoms with Gasteiger partial charge in [0.1, 0.15) is 11.9 Å². The summed E-state index contributed by atoms with van der Waals surface area (Å²) in [6.45, 7) is 0. The Morgan fingerprint density at radius 1 is 1.38 bits per heavy atom. The highest BCUT2D eigenvalue weighted by atomic mass is 35.5. The van der Waals surface area contributed by atoms with Gasteiger partial charge in [-0.25, -0.2) is 0 Å². The molecule has 0 fully saturated rings. The van der Waals surface area contributed by atoms with Gasteiger partial charge in [-0.3, -0.25) is 0 Å². The first-order valence-corrected chi connectivity index (χ1v) is 5.24. The van der Waals surface area contributed by atoms with Crippen LogP contribution in [0.15, 0.2) is 36.7 Å². The maximum atomic E-state index is 10.2. The van der Waals surface area contributed by atoms with Crippen LogP contribution in [-0.4, -0.2) is 17.2 Å². The Morgan fingerprint density at radius 3 is 2.81 bits per heavy atom. The molecule has 1 heterocycles. The fourth-order valence-corrected chi connectivity index (χ4v) is 1.79. The van der Waals surface area contributed by atoms with Crippen LogP contribution in [0.25, 0.3) is 0 Å². The summed E-state index contributed by atoms with van der Waals surface area (Å²) < 4.78 is 5.19. The molecule has 0 saturated carbocycles. The van der Waals surface area contributed by atoms with Gasteiger partial charge in [-0.05, 0) is 24.3 Å². The van der Waals surface area contributed by atoms with Gasteiger partial charge in [0.2, 0.25) is 0 Å². The highest BCUT2D eigenvalue weighted by Gasteiger charge is 2.16. The highest BCUT2D eigenvalue weighted by molar-refractivity contribution is 6.30. The van der Waals surface area contributed by atoms with Crippen molar-refractivity contribution >= 4 is 11.6 Å². The van der Waals surface area contributed by atoms with Crippen LogP contribution < -0.4 is 4.74 Å². The monoisotopic (exact) mass is 237 g/mol. The van der Waals surface area contributed by atoms with Gasteiger partial charge in [-0.15, -0.1) is 0 Å². The van der Waals surface area contributed by atoms with E-state index in [0.29, 0.717) is 16.3 Å². The first-order valence-electron chi connectivity index (χ1n) is 4.86. The van der Waals surface area contributed by atoms with Crippen LogP contribution in [0, 0.1) is 0 Å². The number of aromatic nitrogens is 1. The van der Waals surface area contributed by atoms with Crippen molar-refractivity contribution in [1.29, 1.82) is 0 Å². The number of aromatic amines is 1. The lowest BCUT2D eigenvalue weighted by Crippen LogP contribution is -2.01. The van der Waals surface area contributed by atoms with E-state index in [-0.39, 0.29) is 0 Å². The average molecular weight is 238 g/mol. The molecule has 1 atom stereocenters. The van der Waals surface area contributed by atoms with Crippen LogP contribution in [0.1, 0.15) is 17.2 Å². The molecule has 2 N–H and O–H groups in total. The second-order valence-electron chi connectivity index (χ2n) is 3.43. The van der Waals surface area contributed by atoms with Gasteiger partial charge in [0, 0.05) is 28.5 Å². The molecule has 0 aliphatic rings. The molecule has 2 rings (SSSR count). The minimum atomic E-state index is -0.736. The van der Waals surface area contributed by atoms with E-state index in [1.165, 1.54) is 0 Å². The van der Waals surface area contributed by atoms with E-state index in [4.69, 9.17) is 16.3 Å². The van der Waals surface area contributed by atoms with E-state index in [1.807, 2.05) is 6.07 Å². The molecule has 1 aromatic carbocycles. The Morgan fingerprint density at radius 2 is 2.19 bits per heavy atom. The normalized spacial score (nSPS) is 12.4. The lowest BCUT2D eigenvalue weighted by molar-refractivity contribution is 0.215. The van der Waals surface area contributed by atoms with Gasteiger partial charge >= 0.3 is 0 Å². The SMILES string of the molecule is COc1ccc(Cl)cc1C(O)c1cc[nH]c1. The fourth-order valence-electron chi connectivity index (χ4n) is 1.61. The maximum Gasteiger partial charge on any atom is 0.125 e. The Bertz CT molecular complexity index is 468. The van der Waals surface area contributed by atoms with Crippen molar-refractivity contribution in [2.75, 3.05) is 7.11 Å². The number of H-pyrrole nitrogens is 1. The Labute approximate surface area is 98.6 Å². The van der Waals surface area contributed by atoms with Gasteiger partial charge < -0.3 is 14.8 Å². The number of nitrogens with one attached hydrogen (secondary N) is 1. The van der Waals surface area contributed by atoms with Crippen LogP contribution in [0.2, 0.25) is 5.02 Å². The van der Waals surface area contributed by atoms with Crippen LogP contribution in [-0.2, 0) is 0 Å². The smallest absolute Gasteiger partial charge is 0.125 e. The fraction of sp³-hybridized carbons (Fsp3) is 0.167. The Kier molecular flexibility index (Phi) is 3.17. The lowest BCUT2D eigenvalue weighted by Gasteiger charge is -2.14. The molecule has 0 spiro atoms. The van der Waals surface area contributed by atoms with Gasteiger partial charge in [0.25, 0.3) is 0 Å². The second-order valence-corrected chi connectivity index (χ2v) is 3.87. The zero-order valence-electron chi connectivity index (χ0n) is 8.77. The molecule has 0 radical (unpaired) electrons. The van der Waals surface area contributed by atoms with E-state index in [1.54, 1.807) is 37.7 Å². The molecule has 1 unspecified atom stereocenters. The summed E-state index contributed by atoms with van der Waals surface area (Å²) >= 11 is 5.90. The van der Waals surface area contributed by atoms with Crippen LogP contribution in [0.4, 0.5) is 0 Å². The molecular formula is C12H12ClNO2. The second kappa shape index (κ2) is 4.60. The molecule has 2 aromatic rings. The standard InChI is InChI=1S/C12H12ClNO2/c1-16-11-3-2-9(13)6-10(11)12(15)8-4-5-14-7-8/h2-7,12,14-15H,1H3. The predicted molar refractivity (Wildman–Crippen MR) is 62.9 cm³/mol. The first-order chi connectivity index (χ1) is 7.72. The highest BCUT2D eigenvalue weighted by Crippen LogP contribution is 2.31. The molecular weight excluding hydrogens is 226 g/mol. The third kappa shape index (κ3) is 2.05. The van der Waals surface area contributed by atoms with Gasteiger partial charge in [0.05, 0.1) is 7.11 Å². The van der Waals surface area contributed by atoms with E-state index >= 15 is 0 Å². The van der Waals surface area contributed by atoms with Crippen LogP contribution in [0.3, 0.4) is 0 Å². The molecule has 84 valence electrons. The van der Waals surface area contributed by atoms with E-state index < -0.39 is 6.10 Å². The van der Waals surface area contributed by atoms with Crippen LogP contribution >= 0.6 is 11.6 Å². The maximum absolute atomic E-state index is 10.2. The zero-order chi connectivity index (χ0) is 11.5. The summed E-state index contributed by atoms with van der Waals surface area (Å²) in [5, 5.41) is 10.7. The number of rotatable bonds is 3. The van der Waals surface area contributed by atoms with Crippen molar-refractivity contribution in [2.45, 2.75) is 6.10 Å². The molecule has 0 aliphatic heterocycles. The van der Waals surface area contributed by atoms with Gasteiger partial charge in [0.15, 0.2) is 0 Å². The van der Waals surface area contributed by atoms with Crippen molar-refractivity contribution in [3.63, 3.8) is 0 Å². The molecule has 0 aliphatic carbocycles. The summed E-state index contributed by atoms with van der Waals surface area (Å²) in [7, 11) is 1.57. The number of hydrogen-bond acceptors (Lipinski definition) is 2. The summed E-state index contributed by atoms with van der Waals surface area (Å²) in [5.41, 5.74) is 1.44. The van der Waals surface area contributed by atoms with Gasteiger partial charge in [-0.2, -0.15) is 0 Å². The van der Waals surface area contributed by atoms with E-state index in [0.717, 1.165) is 5.56 Å². The number of aliphatic hydroxyl groups excluding tert-OH is 1. The summed E-state index contributed by atoms with van der Waals surface area (Å²) in [6.07, 6.45) is 2.76. The third-order valence-electron chi connectivity index (χ3n) is 2.42. The van der Waals surface area contributed by atoms with Crippen molar-refractivity contribution < 1.29 is 9.84 Å². The number of hydrogen-bond donors (Lipinski definition) is 2. The first kappa shape index (κ1) is 11.0. The van der Waals surface area contributed by atoms with Crippen molar-refractivity contribution in [1.82, 2.24) is 4.98 Å². The van der Waals surface area contributed by atoms with Crippen LogP contribution in [0.5, 0.6) is 5.75 Å². The summed E-state index contributed by atoms with van der Waals surface area (Å²) in [4.78, 5) is 2.90. The third-order valence-corrected chi connectivity index (χ3v) is 2.66. The largest absolute Gasteiger partial charge is 0.496 e. The lowest BCUT2D eigenvalue weighted by atomic mass is 10.0.